The number of fused-ring (bicyclic) bond motifs is 1. The van der Waals surface area contributed by atoms with Crippen LogP contribution in [0.5, 0.6) is 5.75 Å². The molecule has 0 bridgehead atoms. The van der Waals surface area contributed by atoms with Crippen LogP contribution >= 0.6 is 11.3 Å². The molecule has 0 unspecified atom stereocenters. The van der Waals surface area contributed by atoms with Gasteiger partial charge in [-0.05, 0) is 39.0 Å². The Labute approximate surface area is 178 Å². The summed E-state index contributed by atoms with van der Waals surface area (Å²) in [4.78, 5) is 12.9. The van der Waals surface area contributed by atoms with Gasteiger partial charge in [0.2, 0.25) is 5.13 Å². The van der Waals surface area contributed by atoms with Gasteiger partial charge in [-0.15, -0.1) is 10.2 Å². The number of aromatic nitrogens is 4. The maximum absolute atomic E-state index is 11.0. The van der Waals surface area contributed by atoms with Crippen molar-refractivity contribution >= 4 is 23.0 Å². The van der Waals surface area contributed by atoms with Crippen molar-refractivity contribution in [1.29, 1.82) is 0 Å². The lowest BCUT2D eigenvalue weighted by Crippen LogP contribution is -2.34. The third kappa shape index (κ3) is 4.01. The number of rotatable bonds is 6. The van der Waals surface area contributed by atoms with Crippen molar-refractivity contribution in [3.8, 4) is 21.5 Å². The number of anilines is 1. The second-order valence-electron chi connectivity index (χ2n) is 7.59. The molecule has 9 nitrogen and oxygen atoms in total. The van der Waals surface area contributed by atoms with Gasteiger partial charge in [0.1, 0.15) is 10.8 Å². The summed E-state index contributed by atoms with van der Waals surface area (Å²) in [5.41, 5.74) is 10.6. The summed E-state index contributed by atoms with van der Waals surface area (Å²) in [6.07, 6.45) is 0.766. The van der Waals surface area contributed by atoms with Gasteiger partial charge in [-0.3, -0.25) is 9.69 Å². The van der Waals surface area contributed by atoms with Crippen molar-refractivity contribution in [2.45, 2.75) is 39.8 Å². The minimum Gasteiger partial charge on any atom is -0.489 e. The zero-order chi connectivity index (χ0) is 21.4. The van der Waals surface area contributed by atoms with Gasteiger partial charge in [0.25, 0.3) is 0 Å². The lowest BCUT2D eigenvalue weighted by Gasteiger charge is -2.24. The van der Waals surface area contributed by atoms with Crippen LogP contribution in [0.3, 0.4) is 0 Å². The Morgan fingerprint density at radius 2 is 2.17 bits per heavy atom. The highest BCUT2D eigenvalue weighted by Gasteiger charge is 2.25. The maximum atomic E-state index is 11.0. The molecule has 3 N–H and O–H groups in total. The molecule has 1 aromatic carbocycles. The number of nitrogens with zero attached hydrogens (tertiary/aromatic N) is 5. The van der Waals surface area contributed by atoms with Gasteiger partial charge in [-0.2, -0.15) is 5.10 Å². The second-order valence-corrected chi connectivity index (χ2v) is 8.54. The van der Waals surface area contributed by atoms with Gasteiger partial charge in [-0.25, -0.2) is 4.68 Å². The smallest absolute Gasteiger partial charge is 0.317 e. The number of ether oxygens (including phenoxy) is 1. The van der Waals surface area contributed by atoms with Crippen LogP contribution in [0.2, 0.25) is 0 Å². The van der Waals surface area contributed by atoms with Crippen molar-refractivity contribution in [3.63, 3.8) is 0 Å². The molecule has 4 rings (SSSR count). The summed E-state index contributed by atoms with van der Waals surface area (Å²) in [5.74, 6) is -0.165. The average Bonchev–Trinajstić information content (AvgIpc) is 3.28. The number of nitrogens with two attached hydrogens (primary N) is 1. The second kappa shape index (κ2) is 8.04. The number of carbonyl (C=O) groups is 1. The molecular weight excluding hydrogens is 404 g/mol. The Hall–Kier alpha value is -2.98. The number of aliphatic carboxylic acids is 1. The lowest BCUT2D eigenvalue weighted by molar-refractivity contribution is -0.138. The molecule has 0 atom stereocenters. The first-order chi connectivity index (χ1) is 14.3. The Balaban J connectivity index is 1.59. The largest absolute Gasteiger partial charge is 0.489 e. The normalized spacial score (nSPS) is 14.1. The van der Waals surface area contributed by atoms with E-state index in [1.54, 1.807) is 4.68 Å². The molecule has 0 radical (unpaired) electrons. The average molecular weight is 429 g/mol. The molecule has 0 spiro atoms. The standard InChI is InChI=1S/C20H24N6O3S/c1-11(2)29-17-5-4-13(8-15(17)21)19-22-23-20(30-19)26-12(3)14-9-25(10-18(27)28)7-6-16(14)24-26/h4-5,8,11H,6-7,9-10,21H2,1-3H3,(H,27,28). The summed E-state index contributed by atoms with van der Waals surface area (Å²) in [6, 6.07) is 5.61. The van der Waals surface area contributed by atoms with E-state index in [9.17, 15) is 4.79 Å². The number of hydrogen-bond donors (Lipinski definition) is 2. The van der Waals surface area contributed by atoms with Crippen LogP contribution in [0.25, 0.3) is 15.7 Å². The van der Waals surface area contributed by atoms with E-state index in [1.807, 2.05) is 43.9 Å². The zero-order valence-electron chi connectivity index (χ0n) is 17.1. The number of carboxylic acids is 1. The van der Waals surface area contributed by atoms with Crippen molar-refractivity contribution < 1.29 is 14.6 Å². The fourth-order valence-electron chi connectivity index (χ4n) is 3.54. The van der Waals surface area contributed by atoms with E-state index in [2.05, 4.69) is 10.2 Å². The molecule has 3 heterocycles. The van der Waals surface area contributed by atoms with Gasteiger partial charge in [0, 0.05) is 36.3 Å². The van der Waals surface area contributed by atoms with Gasteiger partial charge >= 0.3 is 5.97 Å². The SMILES string of the molecule is Cc1c2c(nn1-c1nnc(-c3ccc(OC(C)C)c(N)c3)s1)CCN(CC(=O)O)C2. The van der Waals surface area contributed by atoms with E-state index in [0.717, 1.165) is 33.9 Å². The van der Waals surface area contributed by atoms with E-state index in [-0.39, 0.29) is 12.6 Å². The van der Waals surface area contributed by atoms with E-state index in [4.69, 9.17) is 20.7 Å². The van der Waals surface area contributed by atoms with Crippen LogP contribution in [0.15, 0.2) is 18.2 Å². The van der Waals surface area contributed by atoms with Crippen LogP contribution in [0, 0.1) is 6.92 Å². The highest BCUT2D eigenvalue weighted by Crippen LogP contribution is 2.33. The Morgan fingerprint density at radius 1 is 1.37 bits per heavy atom. The third-order valence-electron chi connectivity index (χ3n) is 4.94. The first kappa shape index (κ1) is 20.3. The highest BCUT2D eigenvalue weighted by atomic mass is 32.1. The first-order valence-corrected chi connectivity index (χ1v) is 10.6. The van der Waals surface area contributed by atoms with Crippen molar-refractivity contribution in [3.05, 3.63) is 35.2 Å². The molecule has 30 heavy (non-hydrogen) atoms. The number of hydrogen-bond acceptors (Lipinski definition) is 8. The molecule has 3 aromatic rings. The molecule has 0 aliphatic carbocycles. The summed E-state index contributed by atoms with van der Waals surface area (Å²) < 4.78 is 7.49. The van der Waals surface area contributed by atoms with Crippen molar-refractivity contribution in [1.82, 2.24) is 24.9 Å². The monoisotopic (exact) mass is 428 g/mol. The minimum atomic E-state index is -0.818. The van der Waals surface area contributed by atoms with E-state index < -0.39 is 5.97 Å². The molecule has 2 aromatic heterocycles. The number of benzene rings is 1. The van der Waals surface area contributed by atoms with Crippen LogP contribution in [-0.2, 0) is 17.8 Å². The summed E-state index contributed by atoms with van der Waals surface area (Å²) in [5, 5.41) is 23.8. The van der Waals surface area contributed by atoms with Crippen LogP contribution in [-0.4, -0.2) is 55.1 Å². The first-order valence-electron chi connectivity index (χ1n) is 9.73. The van der Waals surface area contributed by atoms with Crippen molar-refractivity contribution in [2.24, 2.45) is 0 Å². The van der Waals surface area contributed by atoms with Gasteiger partial charge in [0.05, 0.1) is 24.0 Å². The lowest BCUT2D eigenvalue weighted by atomic mass is 10.1. The van der Waals surface area contributed by atoms with Crippen molar-refractivity contribution in [2.75, 3.05) is 18.8 Å². The van der Waals surface area contributed by atoms with E-state index in [1.165, 1.54) is 11.3 Å². The van der Waals surface area contributed by atoms with Crippen LogP contribution in [0.4, 0.5) is 5.69 Å². The molecule has 1 aliphatic rings. The predicted octanol–water partition coefficient (Wildman–Crippen LogP) is 2.51. The molecule has 0 amide bonds. The Morgan fingerprint density at radius 3 is 2.87 bits per heavy atom. The van der Waals surface area contributed by atoms with E-state index in [0.29, 0.717) is 29.7 Å². The molecule has 1 aliphatic heterocycles. The number of nitrogen functional groups attached to an aromatic ring is 1. The fourth-order valence-corrected chi connectivity index (χ4v) is 4.38. The molecule has 0 saturated heterocycles. The summed E-state index contributed by atoms with van der Waals surface area (Å²) >= 11 is 1.43. The quantitative estimate of drug-likeness (QED) is 0.575. The van der Waals surface area contributed by atoms with Crippen LogP contribution in [0.1, 0.15) is 30.8 Å². The Bertz CT molecular complexity index is 1090. The zero-order valence-corrected chi connectivity index (χ0v) is 17.9. The highest BCUT2D eigenvalue weighted by molar-refractivity contribution is 7.17. The predicted molar refractivity (Wildman–Crippen MR) is 114 cm³/mol. The fraction of sp³-hybridized carbons (Fsp3) is 0.400. The molecular formula is C20H24N6O3S. The van der Waals surface area contributed by atoms with Gasteiger partial charge in [0.15, 0.2) is 0 Å². The molecule has 158 valence electrons. The molecule has 0 saturated carbocycles. The summed E-state index contributed by atoms with van der Waals surface area (Å²) in [6.45, 7) is 7.18. The summed E-state index contributed by atoms with van der Waals surface area (Å²) in [7, 11) is 0. The topological polar surface area (TPSA) is 119 Å². The Kier molecular flexibility index (Phi) is 5.44. The van der Waals surface area contributed by atoms with Crippen LogP contribution < -0.4 is 10.5 Å². The minimum absolute atomic E-state index is 0.0327. The molecule has 0 fully saturated rings. The van der Waals surface area contributed by atoms with Gasteiger partial charge in [-0.1, -0.05) is 11.3 Å². The van der Waals surface area contributed by atoms with Gasteiger partial charge < -0.3 is 15.6 Å². The third-order valence-corrected chi connectivity index (χ3v) is 5.89. The maximum Gasteiger partial charge on any atom is 0.317 e. The van der Waals surface area contributed by atoms with E-state index >= 15 is 0 Å². The molecule has 10 heteroatoms. The number of carboxylic acid groups (broad SMARTS) is 1.